The third-order valence-corrected chi connectivity index (χ3v) is 4.29. The van der Waals surface area contributed by atoms with Crippen LogP contribution in [0, 0.1) is 0 Å². The Morgan fingerprint density at radius 3 is 2.90 bits per heavy atom. The van der Waals surface area contributed by atoms with Crippen LogP contribution in [0.1, 0.15) is 16.2 Å². The van der Waals surface area contributed by atoms with E-state index in [1.807, 2.05) is 29.6 Å². The Morgan fingerprint density at radius 1 is 1.29 bits per heavy atom. The molecule has 0 saturated heterocycles. The summed E-state index contributed by atoms with van der Waals surface area (Å²) in [7, 11) is 0. The fourth-order valence-electron chi connectivity index (χ4n) is 1.73. The predicted molar refractivity (Wildman–Crippen MR) is 82.9 cm³/mol. The van der Waals surface area contributed by atoms with E-state index >= 15 is 0 Å². The van der Waals surface area contributed by atoms with Crippen LogP contribution in [0.3, 0.4) is 0 Å². The van der Waals surface area contributed by atoms with Gasteiger partial charge in [-0.05, 0) is 39.5 Å². The molecule has 0 spiro atoms. The Labute approximate surface area is 133 Å². The zero-order valence-electron chi connectivity index (χ0n) is 10.7. The molecular formula is C14H10BrN3O2S. The highest BCUT2D eigenvalue weighted by Crippen LogP contribution is 2.21. The van der Waals surface area contributed by atoms with Crippen molar-refractivity contribution in [3.8, 4) is 10.7 Å². The summed E-state index contributed by atoms with van der Waals surface area (Å²) in [5, 5.41) is 8.59. The van der Waals surface area contributed by atoms with Gasteiger partial charge in [0.15, 0.2) is 0 Å². The minimum Gasteiger partial charge on any atom is -0.343 e. The first-order chi connectivity index (χ1) is 10.2. The quantitative estimate of drug-likeness (QED) is 0.770. The topological polar surface area (TPSA) is 68.0 Å². The summed E-state index contributed by atoms with van der Waals surface area (Å²) >= 11 is 4.88. The van der Waals surface area contributed by atoms with Crippen molar-refractivity contribution in [1.82, 2.24) is 15.5 Å². The van der Waals surface area contributed by atoms with Crippen LogP contribution in [0.2, 0.25) is 0 Å². The van der Waals surface area contributed by atoms with Crippen LogP contribution in [0.4, 0.5) is 0 Å². The average molecular weight is 364 g/mol. The number of amides is 1. The summed E-state index contributed by atoms with van der Waals surface area (Å²) in [5.74, 6) is 0.715. The van der Waals surface area contributed by atoms with Gasteiger partial charge in [-0.15, -0.1) is 11.3 Å². The summed E-state index contributed by atoms with van der Waals surface area (Å²) in [4.78, 5) is 17.2. The molecule has 0 fully saturated rings. The SMILES string of the molecule is O=C(NCc1nc(-c2cccs2)no1)c1ccccc1Br. The van der Waals surface area contributed by atoms with Crippen LogP contribution in [-0.2, 0) is 6.54 Å². The zero-order valence-corrected chi connectivity index (χ0v) is 13.1. The summed E-state index contributed by atoms with van der Waals surface area (Å²) in [6, 6.07) is 11.1. The molecule has 2 aromatic heterocycles. The normalized spacial score (nSPS) is 10.5. The first-order valence-electron chi connectivity index (χ1n) is 6.13. The lowest BCUT2D eigenvalue weighted by atomic mass is 10.2. The van der Waals surface area contributed by atoms with Gasteiger partial charge in [0, 0.05) is 4.47 Å². The molecule has 0 bridgehead atoms. The molecule has 0 atom stereocenters. The molecule has 5 nitrogen and oxygen atoms in total. The van der Waals surface area contributed by atoms with Crippen LogP contribution in [0.5, 0.6) is 0 Å². The van der Waals surface area contributed by atoms with Crippen LogP contribution in [0.25, 0.3) is 10.7 Å². The van der Waals surface area contributed by atoms with Gasteiger partial charge in [0.05, 0.1) is 17.0 Å². The zero-order chi connectivity index (χ0) is 14.7. The van der Waals surface area contributed by atoms with Gasteiger partial charge < -0.3 is 9.84 Å². The van der Waals surface area contributed by atoms with Crippen molar-refractivity contribution in [2.45, 2.75) is 6.54 Å². The minimum absolute atomic E-state index is 0.193. The lowest BCUT2D eigenvalue weighted by Crippen LogP contribution is -2.23. The Bertz CT molecular complexity index is 755. The number of hydrogen-bond acceptors (Lipinski definition) is 5. The van der Waals surface area contributed by atoms with E-state index in [2.05, 4.69) is 31.4 Å². The molecule has 0 unspecified atom stereocenters. The lowest BCUT2D eigenvalue weighted by molar-refractivity contribution is 0.0945. The molecule has 0 radical (unpaired) electrons. The molecule has 7 heteroatoms. The van der Waals surface area contributed by atoms with Crippen molar-refractivity contribution < 1.29 is 9.32 Å². The van der Waals surface area contributed by atoms with Crippen molar-refractivity contribution in [3.05, 3.63) is 57.7 Å². The highest BCUT2D eigenvalue weighted by Gasteiger charge is 2.12. The first-order valence-corrected chi connectivity index (χ1v) is 7.80. The second-order valence-corrected chi connectivity index (χ2v) is 5.95. The number of nitrogens with one attached hydrogen (secondary N) is 1. The molecule has 0 saturated carbocycles. The van der Waals surface area contributed by atoms with Crippen LogP contribution in [-0.4, -0.2) is 16.0 Å². The van der Waals surface area contributed by atoms with Crippen molar-refractivity contribution in [2.24, 2.45) is 0 Å². The van der Waals surface area contributed by atoms with Gasteiger partial charge in [-0.2, -0.15) is 4.98 Å². The molecule has 2 heterocycles. The number of rotatable bonds is 4. The van der Waals surface area contributed by atoms with E-state index in [1.165, 1.54) is 11.3 Å². The molecule has 0 aliphatic heterocycles. The summed E-state index contributed by atoms with van der Waals surface area (Å²) in [6.07, 6.45) is 0. The number of thiophene rings is 1. The maximum absolute atomic E-state index is 12.0. The van der Waals surface area contributed by atoms with E-state index in [1.54, 1.807) is 12.1 Å². The average Bonchev–Trinajstić information content (AvgIpc) is 3.16. The summed E-state index contributed by atoms with van der Waals surface area (Å²) in [5.41, 5.74) is 0.565. The molecule has 21 heavy (non-hydrogen) atoms. The fraction of sp³-hybridized carbons (Fsp3) is 0.0714. The maximum Gasteiger partial charge on any atom is 0.252 e. The van der Waals surface area contributed by atoms with Gasteiger partial charge in [-0.3, -0.25) is 4.79 Å². The molecule has 1 amide bonds. The predicted octanol–water partition coefficient (Wildman–Crippen LogP) is 3.49. The van der Waals surface area contributed by atoms with E-state index in [4.69, 9.17) is 4.52 Å². The largest absolute Gasteiger partial charge is 0.343 e. The van der Waals surface area contributed by atoms with Crippen LogP contribution >= 0.6 is 27.3 Å². The van der Waals surface area contributed by atoms with Crippen molar-refractivity contribution in [1.29, 1.82) is 0 Å². The van der Waals surface area contributed by atoms with E-state index in [0.717, 1.165) is 9.35 Å². The first kappa shape index (κ1) is 14.0. The second-order valence-electron chi connectivity index (χ2n) is 4.15. The Hall–Kier alpha value is -1.99. The third-order valence-electron chi connectivity index (χ3n) is 2.73. The number of benzene rings is 1. The molecule has 0 aliphatic rings. The Balaban J connectivity index is 1.66. The molecule has 3 rings (SSSR count). The molecule has 0 aliphatic carbocycles. The van der Waals surface area contributed by atoms with Crippen LogP contribution in [0.15, 0.2) is 50.8 Å². The van der Waals surface area contributed by atoms with Gasteiger partial charge >= 0.3 is 0 Å². The van der Waals surface area contributed by atoms with E-state index in [-0.39, 0.29) is 12.5 Å². The number of aromatic nitrogens is 2. The fourth-order valence-corrected chi connectivity index (χ4v) is 2.84. The van der Waals surface area contributed by atoms with Crippen molar-refractivity contribution in [2.75, 3.05) is 0 Å². The van der Waals surface area contributed by atoms with Gasteiger partial charge in [-0.25, -0.2) is 0 Å². The number of carbonyl (C=O) groups is 1. The van der Waals surface area contributed by atoms with Gasteiger partial charge in [0.1, 0.15) is 0 Å². The van der Waals surface area contributed by atoms with E-state index < -0.39 is 0 Å². The van der Waals surface area contributed by atoms with Crippen molar-refractivity contribution in [3.63, 3.8) is 0 Å². The standard InChI is InChI=1S/C14H10BrN3O2S/c15-10-5-2-1-4-9(10)14(19)16-8-12-17-13(18-20-12)11-6-3-7-21-11/h1-7H,8H2,(H,16,19). The molecular weight excluding hydrogens is 354 g/mol. The number of nitrogens with zero attached hydrogens (tertiary/aromatic N) is 2. The van der Waals surface area contributed by atoms with Gasteiger partial charge in [-0.1, -0.05) is 23.4 Å². The van der Waals surface area contributed by atoms with Gasteiger partial charge in [0.2, 0.25) is 11.7 Å². The molecule has 3 aromatic rings. The summed E-state index contributed by atoms with van der Waals surface area (Å²) in [6.45, 7) is 0.193. The molecule has 1 aromatic carbocycles. The monoisotopic (exact) mass is 363 g/mol. The third kappa shape index (κ3) is 3.20. The van der Waals surface area contributed by atoms with Gasteiger partial charge in [0.25, 0.3) is 5.91 Å². The van der Waals surface area contributed by atoms with Crippen molar-refractivity contribution >= 4 is 33.2 Å². The van der Waals surface area contributed by atoms with Crippen LogP contribution < -0.4 is 5.32 Å². The van der Waals surface area contributed by atoms with E-state index in [0.29, 0.717) is 17.3 Å². The highest BCUT2D eigenvalue weighted by molar-refractivity contribution is 9.10. The minimum atomic E-state index is -0.196. The second kappa shape index (κ2) is 6.19. The lowest BCUT2D eigenvalue weighted by Gasteiger charge is -2.03. The summed E-state index contributed by atoms with van der Waals surface area (Å²) < 4.78 is 5.87. The number of carbonyl (C=O) groups excluding carboxylic acids is 1. The molecule has 106 valence electrons. The molecule has 1 N–H and O–H groups in total. The highest BCUT2D eigenvalue weighted by atomic mass is 79.9. The van der Waals surface area contributed by atoms with E-state index in [9.17, 15) is 4.79 Å². The smallest absolute Gasteiger partial charge is 0.252 e. The number of halogens is 1. The Morgan fingerprint density at radius 2 is 2.14 bits per heavy atom. The number of hydrogen-bond donors (Lipinski definition) is 1. The Kier molecular flexibility index (Phi) is 4.12. The maximum atomic E-state index is 12.0.